The van der Waals surface area contributed by atoms with Crippen LogP contribution >= 0.6 is 0 Å². The Bertz CT molecular complexity index is 428. The lowest BCUT2D eigenvalue weighted by atomic mass is 10.1. The molecule has 1 amide bonds. The molecule has 1 aliphatic heterocycles. The molecule has 1 fully saturated rings. The third kappa shape index (κ3) is 2.73. The number of amides is 1. The summed E-state index contributed by atoms with van der Waals surface area (Å²) >= 11 is 0. The number of rotatable bonds is 4. The van der Waals surface area contributed by atoms with Gasteiger partial charge in [-0.15, -0.1) is 0 Å². The topological polar surface area (TPSA) is 59.6 Å². The monoisotopic (exact) mass is 250 g/mol. The summed E-state index contributed by atoms with van der Waals surface area (Å²) in [7, 11) is 3.16. The molecule has 0 spiro atoms. The van der Waals surface area contributed by atoms with Gasteiger partial charge in [0.05, 0.1) is 20.1 Å². The minimum Gasteiger partial charge on any atom is -0.493 e. The zero-order valence-corrected chi connectivity index (χ0v) is 10.7. The van der Waals surface area contributed by atoms with E-state index in [-0.39, 0.29) is 11.8 Å². The van der Waals surface area contributed by atoms with Crippen molar-refractivity contribution in [2.45, 2.75) is 6.42 Å². The summed E-state index contributed by atoms with van der Waals surface area (Å²) in [5.41, 5.74) is 0.726. The number of benzene rings is 1. The SMILES string of the molecule is COc1ccc(NC(=O)C2CCNC2)cc1OC. The van der Waals surface area contributed by atoms with Crippen molar-refractivity contribution in [1.82, 2.24) is 5.32 Å². The number of carbonyl (C=O) groups is 1. The fraction of sp³-hybridized carbons (Fsp3) is 0.462. The molecule has 0 bridgehead atoms. The molecule has 5 nitrogen and oxygen atoms in total. The summed E-state index contributed by atoms with van der Waals surface area (Å²) in [5.74, 6) is 1.36. The first-order valence-electron chi connectivity index (χ1n) is 5.98. The summed E-state index contributed by atoms with van der Waals surface area (Å²) in [6, 6.07) is 5.35. The summed E-state index contributed by atoms with van der Waals surface area (Å²) in [6.07, 6.45) is 0.888. The first kappa shape index (κ1) is 12.7. The Balaban J connectivity index is 2.06. The molecular formula is C13H18N2O3. The molecule has 0 aromatic heterocycles. The van der Waals surface area contributed by atoms with E-state index in [1.54, 1.807) is 26.4 Å². The molecule has 1 unspecified atom stereocenters. The molecule has 0 radical (unpaired) electrons. The highest BCUT2D eigenvalue weighted by Crippen LogP contribution is 2.30. The Hall–Kier alpha value is -1.75. The molecule has 2 rings (SSSR count). The van der Waals surface area contributed by atoms with Gasteiger partial charge in [0.2, 0.25) is 5.91 Å². The van der Waals surface area contributed by atoms with Crippen molar-refractivity contribution in [3.63, 3.8) is 0 Å². The Morgan fingerprint density at radius 3 is 2.72 bits per heavy atom. The second kappa shape index (κ2) is 5.73. The van der Waals surface area contributed by atoms with Crippen LogP contribution in [0.25, 0.3) is 0 Å². The maximum absolute atomic E-state index is 11.9. The number of methoxy groups -OCH3 is 2. The Kier molecular flexibility index (Phi) is 4.04. The van der Waals surface area contributed by atoms with E-state index in [9.17, 15) is 4.79 Å². The van der Waals surface area contributed by atoms with Crippen molar-refractivity contribution < 1.29 is 14.3 Å². The van der Waals surface area contributed by atoms with E-state index in [1.165, 1.54) is 0 Å². The molecule has 1 aromatic carbocycles. The fourth-order valence-electron chi connectivity index (χ4n) is 2.04. The molecule has 1 atom stereocenters. The van der Waals surface area contributed by atoms with Crippen LogP contribution in [0.4, 0.5) is 5.69 Å². The minimum absolute atomic E-state index is 0.0484. The molecule has 1 aliphatic rings. The van der Waals surface area contributed by atoms with Crippen LogP contribution in [0.3, 0.4) is 0 Å². The zero-order valence-electron chi connectivity index (χ0n) is 10.7. The lowest BCUT2D eigenvalue weighted by molar-refractivity contribution is -0.119. The molecular weight excluding hydrogens is 232 g/mol. The Morgan fingerprint density at radius 2 is 2.11 bits per heavy atom. The van der Waals surface area contributed by atoms with Gasteiger partial charge in [-0.2, -0.15) is 0 Å². The molecule has 18 heavy (non-hydrogen) atoms. The van der Waals surface area contributed by atoms with Crippen LogP contribution in [0.2, 0.25) is 0 Å². The Morgan fingerprint density at radius 1 is 1.33 bits per heavy atom. The standard InChI is InChI=1S/C13H18N2O3/c1-17-11-4-3-10(7-12(11)18-2)15-13(16)9-5-6-14-8-9/h3-4,7,9,14H,5-6,8H2,1-2H3,(H,15,16). The van der Waals surface area contributed by atoms with Gasteiger partial charge < -0.3 is 20.1 Å². The number of anilines is 1. The smallest absolute Gasteiger partial charge is 0.228 e. The zero-order chi connectivity index (χ0) is 13.0. The third-order valence-electron chi connectivity index (χ3n) is 3.08. The number of hydrogen-bond acceptors (Lipinski definition) is 4. The van der Waals surface area contributed by atoms with Crippen LogP contribution in [-0.4, -0.2) is 33.2 Å². The van der Waals surface area contributed by atoms with Gasteiger partial charge in [-0.25, -0.2) is 0 Å². The lowest BCUT2D eigenvalue weighted by Crippen LogP contribution is -2.24. The van der Waals surface area contributed by atoms with Crippen molar-refractivity contribution in [2.75, 3.05) is 32.6 Å². The van der Waals surface area contributed by atoms with Gasteiger partial charge in [0.1, 0.15) is 0 Å². The average molecular weight is 250 g/mol. The number of carbonyl (C=O) groups excluding carboxylic acids is 1. The first-order chi connectivity index (χ1) is 8.74. The molecule has 0 aliphatic carbocycles. The Labute approximate surface area is 106 Å². The largest absolute Gasteiger partial charge is 0.493 e. The van der Waals surface area contributed by atoms with Crippen LogP contribution in [0, 0.1) is 5.92 Å². The predicted octanol–water partition coefficient (Wildman–Crippen LogP) is 1.25. The molecule has 98 valence electrons. The van der Waals surface area contributed by atoms with Gasteiger partial charge in [0.15, 0.2) is 11.5 Å². The predicted molar refractivity (Wildman–Crippen MR) is 69.2 cm³/mol. The highest BCUT2D eigenvalue weighted by molar-refractivity contribution is 5.93. The maximum atomic E-state index is 11.9. The van der Waals surface area contributed by atoms with Gasteiger partial charge >= 0.3 is 0 Å². The normalized spacial score (nSPS) is 18.4. The van der Waals surface area contributed by atoms with Crippen molar-refractivity contribution in [1.29, 1.82) is 0 Å². The average Bonchev–Trinajstić information content (AvgIpc) is 2.92. The van der Waals surface area contributed by atoms with Crippen molar-refractivity contribution in [3.05, 3.63) is 18.2 Å². The van der Waals surface area contributed by atoms with Gasteiger partial charge in [-0.05, 0) is 25.1 Å². The van der Waals surface area contributed by atoms with E-state index >= 15 is 0 Å². The highest BCUT2D eigenvalue weighted by atomic mass is 16.5. The van der Waals surface area contributed by atoms with Crippen LogP contribution in [0.15, 0.2) is 18.2 Å². The summed E-state index contributed by atoms with van der Waals surface area (Å²) in [4.78, 5) is 11.9. The van der Waals surface area contributed by atoms with Crippen molar-refractivity contribution in [3.8, 4) is 11.5 Å². The molecule has 2 N–H and O–H groups in total. The van der Waals surface area contributed by atoms with E-state index in [1.807, 2.05) is 6.07 Å². The summed E-state index contributed by atoms with van der Waals surface area (Å²) in [5, 5.41) is 6.07. The molecule has 1 aromatic rings. The van der Waals surface area contributed by atoms with Gasteiger partial charge in [-0.3, -0.25) is 4.79 Å². The van der Waals surface area contributed by atoms with E-state index in [0.29, 0.717) is 11.5 Å². The van der Waals surface area contributed by atoms with E-state index < -0.39 is 0 Å². The lowest BCUT2D eigenvalue weighted by Gasteiger charge is -2.12. The second-order valence-electron chi connectivity index (χ2n) is 4.25. The molecule has 1 saturated heterocycles. The van der Waals surface area contributed by atoms with Crippen LogP contribution in [0.5, 0.6) is 11.5 Å². The van der Waals surface area contributed by atoms with Crippen molar-refractivity contribution in [2.24, 2.45) is 5.92 Å². The van der Waals surface area contributed by atoms with Gasteiger partial charge in [-0.1, -0.05) is 0 Å². The molecule has 0 saturated carbocycles. The first-order valence-corrected chi connectivity index (χ1v) is 5.98. The fourth-order valence-corrected chi connectivity index (χ4v) is 2.04. The number of ether oxygens (including phenoxy) is 2. The molecule has 5 heteroatoms. The quantitative estimate of drug-likeness (QED) is 0.844. The van der Waals surface area contributed by atoms with Crippen molar-refractivity contribution >= 4 is 11.6 Å². The number of nitrogens with one attached hydrogen (secondary N) is 2. The van der Waals surface area contributed by atoms with Crippen LogP contribution in [-0.2, 0) is 4.79 Å². The summed E-state index contributed by atoms with van der Waals surface area (Å²) < 4.78 is 10.3. The third-order valence-corrected chi connectivity index (χ3v) is 3.08. The molecule has 1 heterocycles. The maximum Gasteiger partial charge on any atom is 0.228 e. The van der Waals surface area contributed by atoms with Crippen LogP contribution in [0.1, 0.15) is 6.42 Å². The minimum atomic E-state index is 0.0484. The van der Waals surface area contributed by atoms with Gasteiger partial charge in [0.25, 0.3) is 0 Å². The van der Waals surface area contributed by atoms with Crippen LogP contribution < -0.4 is 20.1 Å². The second-order valence-corrected chi connectivity index (χ2v) is 4.25. The highest BCUT2D eigenvalue weighted by Gasteiger charge is 2.22. The van der Waals surface area contributed by atoms with E-state index in [0.717, 1.165) is 25.2 Å². The summed E-state index contributed by atoms with van der Waals surface area (Å²) in [6.45, 7) is 1.66. The van der Waals surface area contributed by atoms with Gasteiger partial charge in [0, 0.05) is 18.3 Å². The number of hydrogen-bond donors (Lipinski definition) is 2. The van der Waals surface area contributed by atoms with E-state index in [2.05, 4.69) is 10.6 Å². The van der Waals surface area contributed by atoms with E-state index in [4.69, 9.17) is 9.47 Å².